The molecular formula is C17H26N2O. The molecule has 20 heavy (non-hydrogen) atoms. The molecule has 1 aliphatic carbocycles. The van der Waals surface area contributed by atoms with Crippen LogP contribution in [0.4, 0.5) is 0 Å². The lowest BCUT2D eigenvalue weighted by Crippen LogP contribution is -2.40. The van der Waals surface area contributed by atoms with Gasteiger partial charge < -0.3 is 11.1 Å². The van der Waals surface area contributed by atoms with Gasteiger partial charge in [-0.2, -0.15) is 0 Å². The summed E-state index contributed by atoms with van der Waals surface area (Å²) in [6.45, 7) is 3.47. The van der Waals surface area contributed by atoms with Crippen LogP contribution in [-0.2, 0) is 11.2 Å². The van der Waals surface area contributed by atoms with E-state index in [0.29, 0.717) is 12.5 Å². The molecule has 1 aliphatic rings. The summed E-state index contributed by atoms with van der Waals surface area (Å²) < 4.78 is 0. The van der Waals surface area contributed by atoms with Crippen LogP contribution < -0.4 is 11.1 Å². The molecule has 2 atom stereocenters. The van der Waals surface area contributed by atoms with Gasteiger partial charge in [-0.05, 0) is 49.8 Å². The number of nitrogens with two attached hydrogens (primary N) is 1. The van der Waals surface area contributed by atoms with Crippen molar-refractivity contribution in [3.05, 3.63) is 35.4 Å². The van der Waals surface area contributed by atoms with Crippen molar-refractivity contribution in [2.45, 2.75) is 39.0 Å². The monoisotopic (exact) mass is 274 g/mol. The van der Waals surface area contributed by atoms with Gasteiger partial charge in [-0.25, -0.2) is 0 Å². The third-order valence-corrected chi connectivity index (χ3v) is 4.50. The minimum Gasteiger partial charge on any atom is -0.356 e. The van der Waals surface area contributed by atoms with Crippen LogP contribution in [-0.4, -0.2) is 19.0 Å². The van der Waals surface area contributed by atoms with Crippen molar-refractivity contribution >= 4 is 5.91 Å². The van der Waals surface area contributed by atoms with Crippen LogP contribution >= 0.6 is 0 Å². The lowest BCUT2D eigenvalue weighted by molar-refractivity contribution is -0.127. The van der Waals surface area contributed by atoms with E-state index in [2.05, 4.69) is 30.4 Å². The second kappa shape index (κ2) is 7.44. The van der Waals surface area contributed by atoms with Crippen molar-refractivity contribution in [2.24, 2.45) is 17.6 Å². The molecule has 110 valence electrons. The Morgan fingerprint density at radius 3 is 2.80 bits per heavy atom. The van der Waals surface area contributed by atoms with Crippen LogP contribution in [0, 0.1) is 18.8 Å². The SMILES string of the molecule is Cc1ccccc1CCNC(=O)C1CCCCC1CN. The third kappa shape index (κ3) is 3.83. The first-order valence-electron chi connectivity index (χ1n) is 7.74. The van der Waals surface area contributed by atoms with Crippen molar-refractivity contribution in [3.8, 4) is 0 Å². The molecule has 3 N–H and O–H groups in total. The van der Waals surface area contributed by atoms with Gasteiger partial charge >= 0.3 is 0 Å². The van der Waals surface area contributed by atoms with Crippen LogP contribution in [0.1, 0.15) is 36.8 Å². The van der Waals surface area contributed by atoms with E-state index in [0.717, 1.165) is 32.2 Å². The van der Waals surface area contributed by atoms with Crippen molar-refractivity contribution in [2.75, 3.05) is 13.1 Å². The van der Waals surface area contributed by atoms with E-state index in [-0.39, 0.29) is 11.8 Å². The Balaban J connectivity index is 1.81. The Kier molecular flexibility index (Phi) is 5.60. The maximum Gasteiger partial charge on any atom is 0.223 e. The van der Waals surface area contributed by atoms with Gasteiger partial charge in [-0.15, -0.1) is 0 Å². The number of aryl methyl sites for hydroxylation is 1. The van der Waals surface area contributed by atoms with E-state index in [9.17, 15) is 4.79 Å². The summed E-state index contributed by atoms with van der Waals surface area (Å²) in [5.74, 6) is 0.710. The first kappa shape index (κ1) is 15.0. The van der Waals surface area contributed by atoms with Crippen molar-refractivity contribution in [3.63, 3.8) is 0 Å². The number of benzene rings is 1. The Morgan fingerprint density at radius 1 is 1.30 bits per heavy atom. The van der Waals surface area contributed by atoms with Gasteiger partial charge in [0.05, 0.1) is 0 Å². The molecule has 0 spiro atoms. The summed E-state index contributed by atoms with van der Waals surface area (Å²) in [7, 11) is 0. The van der Waals surface area contributed by atoms with Gasteiger partial charge in [0.15, 0.2) is 0 Å². The Labute approximate surface area is 121 Å². The van der Waals surface area contributed by atoms with Gasteiger partial charge in [-0.3, -0.25) is 4.79 Å². The molecule has 1 aromatic rings. The molecule has 0 aliphatic heterocycles. The maximum absolute atomic E-state index is 12.3. The lowest BCUT2D eigenvalue weighted by atomic mass is 9.79. The zero-order valence-electron chi connectivity index (χ0n) is 12.4. The molecule has 0 saturated heterocycles. The van der Waals surface area contributed by atoms with Crippen LogP contribution in [0.2, 0.25) is 0 Å². The highest BCUT2D eigenvalue weighted by molar-refractivity contribution is 5.79. The summed E-state index contributed by atoms with van der Waals surface area (Å²) in [5.41, 5.74) is 8.39. The molecule has 0 aromatic heterocycles. The molecule has 0 bridgehead atoms. The molecule has 0 radical (unpaired) electrons. The van der Waals surface area contributed by atoms with Gasteiger partial charge in [0, 0.05) is 12.5 Å². The van der Waals surface area contributed by atoms with Crippen LogP contribution in [0.25, 0.3) is 0 Å². The maximum atomic E-state index is 12.3. The smallest absolute Gasteiger partial charge is 0.223 e. The fourth-order valence-corrected chi connectivity index (χ4v) is 3.18. The summed E-state index contributed by atoms with van der Waals surface area (Å²) in [6, 6.07) is 8.34. The largest absolute Gasteiger partial charge is 0.356 e. The standard InChI is InChI=1S/C17H26N2O/c1-13-6-2-3-7-14(13)10-11-19-17(20)16-9-5-4-8-15(16)12-18/h2-3,6-7,15-16H,4-5,8-12,18H2,1H3,(H,19,20). The highest BCUT2D eigenvalue weighted by Gasteiger charge is 2.29. The number of amides is 1. The van der Waals surface area contributed by atoms with E-state index in [1.54, 1.807) is 0 Å². The quantitative estimate of drug-likeness (QED) is 0.866. The van der Waals surface area contributed by atoms with Crippen LogP contribution in [0.5, 0.6) is 0 Å². The number of carbonyl (C=O) groups is 1. The van der Waals surface area contributed by atoms with E-state index in [1.165, 1.54) is 17.5 Å². The van der Waals surface area contributed by atoms with E-state index < -0.39 is 0 Å². The zero-order chi connectivity index (χ0) is 14.4. The van der Waals surface area contributed by atoms with Gasteiger partial charge in [0.1, 0.15) is 0 Å². The van der Waals surface area contributed by atoms with Crippen LogP contribution in [0.15, 0.2) is 24.3 Å². The summed E-state index contributed by atoms with van der Waals surface area (Å²) in [5, 5.41) is 3.10. The Bertz CT molecular complexity index is 444. The molecule has 3 nitrogen and oxygen atoms in total. The molecule has 1 saturated carbocycles. The molecule has 3 heteroatoms. The minimum atomic E-state index is 0.130. The Morgan fingerprint density at radius 2 is 2.05 bits per heavy atom. The second-order valence-electron chi connectivity index (χ2n) is 5.85. The fraction of sp³-hybridized carbons (Fsp3) is 0.588. The van der Waals surface area contributed by atoms with Gasteiger partial charge in [-0.1, -0.05) is 37.1 Å². The molecule has 2 rings (SSSR count). The molecule has 1 amide bonds. The molecular weight excluding hydrogens is 248 g/mol. The highest BCUT2D eigenvalue weighted by atomic mass is 16.1. The van der Waals surface area contributed by atoms with Crippen molar-refractivity contribution in [1.82, 2.24) is 5.32 Å². The first-order valence-corrected chi connectivity index (χ1v) is 7.74. The average Bonchev–Trinajstić information content (AvgIpc) is 2.49. The third-order valence-electron chi connectivity index (χ3n) is 4.50. The zero-order valence-corrected chi connectivity index (χ0v) is 12.4. The second-order valence-corrected chi connectivity index (χ2v) is 5.85. The number of hydrogen-bond acceptors (Lipinski definition) is 2. The summed E-state index contributed by atoms with van der Waals surface area (Å²) in [6.07, 6.45) is 5.38. The Hall–Kier alpha value is -1.35. The summed E-state index contributed by atoms with van der Waals surface area (Å²) >= 11 is 0. The average molecular weight is 274 g/mol. The molecule has 1 aromatic carbocycles. The predicted molar refractivity (Wildman–Crippen MR) is 82.4 cm³/mol. The molecule has 1 fully saturated rings. The number of carbonyl (C=O) groups excluding carboxylic acids is 1. The van der Waals surface area contributed by atoms with Gasteiger partial charge in [0.2, 0.25) is 5.91 Å². The first-order chi connectivity index (χ1) is 9.72. The van der Waals surface area contributed by atoms with E-state index >= 15 is 0 Å². The topological polar surface area (TPSA) is 55.1 Å². The molecule has 0 heterocycles. The highest BCUT2D eigenvalue weighted by Crippen LogP contribution is 2.29. The van der Waals surface area contributed by atoms with Crippen LogP contribution in [0.3, 0.4) is 0 Å². The van der Waals surface area contributed by atoms with Gasteiger partial charge in [0.25, 0.3) is 0 Å². The lowest BCUT2D eigenvalue weighted by Gasteiger charge is -2.29. The van der Waals surface area contributed by atoms with E-state index in [1.807, 2.05) is 6.07 Å². The number of rotatable bonds is 5. The number of nitrogens with one attached hydrogen (secondary N) is 1. The molecule has 2 unspecified atom stereocenters. The number of hydrogen-bond donors (Lipinski definition) is 2. The van der Waals surface area contributed by atoms with E-state index in [4.69, 9.17) is 5.73 Å². The summed E-state index contributed by atoms with van der Waals surface area (Å²) in [4.78, 5) is 12.3. The minimum absolute atomic E-state index is 0.130. The predicted octanol–water partition coefficient (Wildman–Crippen LogP) is 2.42. The van der Waals surface area contributed by atoms with Crippen molar-refractivity contribution in [1.29, 1.82) is 0 Å². The normalized spacial score (nSPS) is 22.5. The van der Waals surface area contributed by atoms with Crippen molar-refractivity contribution < 1.29 is 4.79 Å². The fourth-order valence-electron chi connectivity index (χ4n) is 3.18.